The second kappa shape index (κ2) is 6.05. The fraction of sp³-hybridized carbons (Fsp3) is 0.667. The molecule has 0 fully saturated rings. The third kappa shape index (κ3) is 3.25. The Morgan fingerprint density at radius 2 is 2.00 bits per heavy atom. The van der Waals surface area contributed by atoms with Crippen LogP contribution in [0.25, 0.3) is 0 Å². The Morgan fingerprint density at radius 1 is 1.42 bits per heavy atom. The SMILES string of the molecule is C=C(C)/C(=C\C)[C@H](CC)CCC. The summed E-state index contributed by atoms with van der Waals surface area (Å²) in [4.78, 5) is 0. The van der Waals surface area contributed by atoms with Gasteiger partial charge in [0.1, 0.15) is 0 Å². The molecule has 0 heteroatoms. The lowest BCUT2D eigenvalue weighted by molar-refractivity contribution is 0.538. The third-order valence-electron chi connectivity index (χ3n) is 2.37. The number of rotatable bonds is 5. The molecule has 0 bridgehead atoms. The van der Waals surface area contributed by atoms with Gasteiger partial charge in [0.15, 0.2) is 0 Å². The largest absolute Gasteiger partial charge is 0.0958 e. The molecule has 0 radical (unpaired) electrons. The first-order valence-corrected chi connectivity index (χ1v) is 4.99. The Labute approximate surface area is 77.4 Å². The molecule has 0 aromatic rings. The van der Waals surface area contributed by atoms with Crippen LogP contribution >= 0.6 is 0 Å². The van der Waals surface area contributed by atoms with Crippen LogP contribution in [0.15, 0.2) is 23.8 Å². The van der Waals surface area contributed by atoms with Crippen LogP contribution in [0.1, 0.15) is 47.0 Å². The molecule has 0 N–H and O–H groups in total. The van der Waals surface area contributed by atoms with E-state index in [-0.39, 0.29) is 0 Å². The predicted octanol–water partition coefficient (Wildman–Crippen LogP) is 4.34. The summed E-state index contributed by atoms with van der Waals surface area (Å²) in [6, 6.07) is 0. The van der Waals surface area contributed by atoms with Crippen molar-refractivity contribution in [1.82, 2.24) is 0 Å². The van der Waals surface area contributed by atoms with E-state index < -0.39 is 0 Å². The van der Waals surface area contributed by atoms with Gasteiger partial charge in [-0.25, -0.2) is 0 Å². The molecule has 0 aromatic heterocycles. The maximum Gasteiger partial charge on any atom is -0.0166 e. The van der Waals surface area contributed by atoms with Gasteiger partial charge in [-0.3, -0.25) is 0 Å². The molecule has 0 aromatic carbocycles. The molecule has 0 saturated carbocycles. The Kier molecular flexibility index (Phi) is 5.79. The molecule has 0 rings (SSSR count). The van der Waals surface area contributed by atoms with E-state index >= 15 is 0 Å². The highest BCUT2D eigenvalue weighted by Crippen LogP contribution is 2.25. The van der Waals surface area contributed by atoms with Gasteiger partial charge in [-0.15, -0.1) is 0 Å². The quantitative estimate of drug-likeness (QED) is 0.533. The normalized spacial score (nSPS) is 14.5. The first kappa shape index (κ1) is 11.5. The van der Waals surface area contributed by atoms with Crippen molar-refractivity contribution in [2.24, 2.45) is 5.92 Å². The minimum absolute atomic E-state index is 0.734. The van der Waals surface area contributed by atoms with E-state index in [4.69, 9.17) is 0 Å². The van der Waals surface area contributed by atoms with Gasteiger partial charge in [0.25, 0.3) is 0 Å². The Balaban J connectivity index is 4.35. The van der Waals surface area contributed by atoms with Crippen LogP contribution in [0.5, 0.6) is 0 Å². The van der Waals surface area contributed by atoms with E-state index in [0.717, 1.165) is 5.92 Å². The fourth-order valence-corrected chi connectivity index (χ4v) is 1.76. The van der Waals surface area contributed by atoms with Crippen LogP contribution in [0.4, 0.5) is 0 Å². The highest BCUT2D eigenvalue weighted by molar-refractivity contribution is 5.27. The molecule has 0 aliphatic heterocycles. The van der Waals surface area contributed by atoms with E-state index in [1.807, 2.05) is 0 Å². The second-order valence-corrected chi connectivity index (χ2v) is 3.42. The van der Waals surface area contributed by atoms with Crippen LogP contribution in [0.3, 0.4) is 0 Å². The maximum atomic E-state index is 4.01. The average Bonchev–Trinajstić information content (AvgIpc) is 2.03. The molecule has 1 atom stereocenters. The molecular weight excluding hydrogens is 144 g/mol. The van der Waals surface area contributed by atoms with Crippen LogP contribution in [-0.4, -0.2) is 0 Å². The summed E-state index contributed by atoms with van der Waals surface area (Å²) < 4.78 is 0. The summed E-state index contributed by atoms with van der Waals surface area (Å²) >= 11 is 0. The molecule has 0 amide bonds. The Hall–Kier alpha value is -0.520. The summed E-state index contributed by atoms with van der Waals surface area (Å²) in [5.74, 6) is 0.734. The van der Waals surface area contributed by atoms with Gasteiger partial charge in [-0.05, 0) is 38.2 Å². The zero-order valence-electron chi connectivity index (χ0n) is 8.98. The Morgan fingerprint density at radius 3 is 2.25 bits per heavy atom. The van der Waals surface area contributed by atoms with Crippen molar-refractivity contribution in [2.45, 2.75) is 47.0 Å². The monoisotopic (exact) mass is 166 g/mol. The van der Waals surface area contributed by atoms with E-state index in [1.54, 1.807) is 0 Å². The van der Waals surface area contributed by atoms with E-state index in [1.165, 1.54) is 30.4 Å². The second-order valence-electron chi connectivity index (χ2n) is 3.42. The van der Waals surface area contributed by atoms with Crippen LogP contribution in [0.2, 0.25) is 0 Å². The van der Waals surface area contributed by atoms with E-state index in [2.05, 4.69) is 40.3 Å². The van der Waals surface area contributed by atoms with Crippen LogP contribution in [0, 0.1) is 5.92 Å². The van der Waals surface area contributed by atoms with Crippen molar-refractivity contribution in [1.29, 1.82) is 0 Å². The molecule has 0 aliphatic carbocycles. The highest BCUT2D eigenvalue weighted by Gasteiger charge is 2.10. The highest BCUT2D eigenvalue weighted by atomic mass is 14.2. The maximum absolute atomic E-state index is 4.01. The summed E-state index contributed by atoms with van der Waals surface area (Å²) in [5, 5.41) is 0. The summed E-state index contributed by atoms with van der Waals surface area (Å²) in [6.45, 7) is 12.7. The Bertz CT molecular complexity index is 163. The van der Waals surface area contributed by atoms with Gasteiger partial charge in [0.2, 0.25) is 0 Å². The van der Waals surface area contributed by atoms with Gasteiger partial charge in [0.05, 0.1) is 0 Å². The molecule has 0 saturated heterocycles. The minimum Gasteiger partial charge on any atom is -0.0958 e. The molecule has 12 heavy (non-hydrogen) atoms. The summed E-state index contributed by atoms with van der Waals surface area (Å²) in [5.41, 5.74) is 2.69. The topological polar surface area (TPSA) is 0 Å². The zero-order valence-corrected chi connectivity index (χ0v) is 8.98. The molecule has 0 nitrogen and oxygen atoms in total. The molecule has 0 aliphatic rings. The predicted molar refractivity (Wildman–Crippen MR) is 57.3 cm³/mol. The lowest BCUT2D eigenvalue weighted by atomic mass is 9.88. The van der Waals surface area contributed by atoms with E-state index in [0.29, 0.717) is 0 Å². The van der Waals surface area contributed by atoms with Crippen molar-refractivity contribution in [3.05, 3.63) is 23.8 Å². The average molecular weight is 166 g/mol. The minimum atomic E-state index is 0.734. The van der Waals surface area contributed by atoms with Gasteiger partial charge >= 0.3 is 0 Å². The van der Waals surface area contributed by atoms with Crippen molar-refractivity contribution >= 4 is 0 Å². The third-order valence-corrected chi connectivity index (χ3v) is 2.37. The van der Waals surface area contributed by atoms with Gasteiger partial charge in [-0.1, -0.05) is 38.5 Å². The lowest BCUT2D eigenvalue weighted by Crippen LogP contribution is -2.03. The number of hydrogen-bond donors (Lipinski definition) is 0. The molecule has 0 heterocycles. The number of hydrogen-bond acceptors (Lipinski definition) is 0. The zero-order chi connectivity index (χ0) is 9.56. The van der Waals surface area contributed by atoms with Gasteiger partial charge in [-0.2, -0.15) is 0 Å². The van der Waals surface area contributed by atoms with Crippen molar-refractivity contribution < 1.29 is 0 Å². The van der Waals surface area contributed by atoms with Crippen LogP contribution < -0.4 is 0 Å². The molecule has 70 valence electrons. The number of allylic oxidation sites excluding steroid dienone is 3. The van der Waals surface area contributed by atoms with Gasteiger partial charge in [0, 0.05) is 0 Å². The summed E-state index contributed by atoms with van der Waals surface area (Å²) in [7, 11) is 0. The van der Waals surface area contributed by atoms with Crippen molar-refractivity contribution in [3.8, 4) is 0 Å². The lowest BCUT2D eigenvalue weighted by Gasteiger charge is -2.18. The van der Waals surface area contributed by atoms with Gasteiger partial charge < -0.3 is 0 Å². The van der Waals surface area contributed by atoms with E-state index in [9.17, 15) is 0 Å². The standard InChI is InChI=1S/C12H22/c1-6-9-11(7-2)12(8-3)10(4)5/h8,11H,4,6-7,9H2,1-3,5H3/b12-8+/t11-/m1/s1. The first-order valence-electron chi connectivity index (χ1n) is 4.99. The van der Waals surface area contributed by atoms with Crippen molar-refractivity contribution in [3.63, 3.8) is 0 Å². The van der Waals surface area contributed by atoms with Crippen molar-refractivity contribution in [2.75, 3.05) is 0 Å². The smallest absolute Gasteiger partial charge is 0.0166 e. The summed E-state index contributed by atoms with van der Waals surface area (Å²) in [6.07, 6.45) is 6.01. The fourth-order valence-electron chi connectivity index (χ4n) is 1.76. The van der Waals surface area contributed by atoms with Crippen LogP contribution in [-0.2, 0) is 0 Å². The molecule has 0 spiro atoms. The first-order chi connectivity index (χ1) is 5.67. The molecular formula is C12H22. The molecule has 0 unspecified atom stereocenters.